The number of hydrogen-bond acceptors (Lipinski definition) is 6. The lowest BCUT2D eigenvalue weighted by Crippen LogP contribution is -2.30. The summed E-state index contributed by atoms with van der Waals surface area (Å²) in [5.41, 5.74) is 0.794. The number of nitrogens with zero attached hydrogens (tertiary/aromatic N) is 1. The number of carbonyl (C=O) groups is 3. The summed E-state index contributed by atoms with van der Waals surface area (Å²) in [5, 5.41) is 2.69. The quantitative estimate of drug-likeness (QED) is 0.526. The van der Waals surface area contributed by atoms with E-state index in [1.165, 1.54) is 30.7 Å². The minimum Gasteiger partial charge on any atom is -0.495 e. The molecule has 29 heavy (non-hydrogen) atoms. The minimum absolute atomic E-state index is 0.0669. The van der Waals surface area contributed by atoms with Gasteiger partial charge in [0.2, 0.25) is 5.91 Å². The highest BCUT2D eigenvalue weighted by molar-refractivity contribution is 8.00. The molecule has 0 saturated heterocycles. The van der Waals surface area contributed by atoms with Crippen molar-refractivity contribution < 1.29 is 23.9 Å². The van der Waals surface area contributed by atoms with Crippen molar-refractivity contribution in [1.82, 2.24) is 4.90 Å². The van der Waals surface area contributed by atoms with Gasteiger partial charge in [-0.15, -0.1) is 11.8 Å². The van der Waals surface area contributed by atoms with Gasteiger partial charge in [-0.05, 0) is 31.2 Å². The van der Waals surface area contributed by atoms with Gasteiger partial charge >= 0.3 is 5.97 Å². The summed E-state index contributed by atoms with van der Waals surface area (Å²) in [4.78, 5) is 38.9. The van der Waals surface area contributed by atoms with Gasteiger partial charge in [-0.3, -0.25) is 9.59 Å². The third-order valence-corrected chi connectivity index (χ3v) is 5.03. The summed E-state index contributed by atoms with van der Waals surface area (Å²) in [6.45, 7) is 1.49. The summed E-state index contributed by atoms with van der Waals surface area (Å²) in [7, 11) is 4.85. The fourth-order valence-corrected chi connectivity index (χ4v) is 3.31. The second kappa shape index (κ2) is 10.5. The Kier molecular flexibility index (Phi) is 8.09. The highest BCUT2D eigenvalue weighted by atomic mass is 32.2. The van der Waals surface area contributed by atoms with E-state index in [2.05, 4.69) is 5.32 Å². The van der Waals surface area contributed by atoms with E-state index < -0.39 is 18.0 Å². The van der Waals surface area contributed by atoms with Crippen LogP contribution < -0.4 is 10.1 Å². The number of thioether (sulfide) groups is 1. The Hall–Kier alpha value is -3.00. The summed E-state index contributed by atoms with van der Waals surface area (Å²) in [5.74, 6) is -0.473. The van der Waals surface area contributed by atoms with Crippen molar-refractivity contribution >= 4 is 35.2 Å². The van der Waals surface area contributed by atoms with Gasteiger partial charge in [0, 0.05) is 19.0 Å². The normalized spacial score (nSPS) is 11.3. The van der Waals surface area contributed by atoms with Gasteiger partial charge < -0.3 is 19.7 Å². The Bertz CT molecular complexity index is 885. The number of methoxy groups -OCH3 is 1. The second-order valence-electron chi connectivity index (χ2n) is 6.31. The van der Waals surface area contributed by atoms with Crippen LogP contribution in [0.3, 0.4) is 0 Å². The van der Waals surface area contributed by atoms with E-state index in [9.17, 15) is 14.4 Å². The maximum absolute atomic E-state index is 12.6. The molecule has 0 radical (unpaired) electrons. The molecule has 0 saturated carbocycles. The number of rotatable bonds is 8. The van der Waals surface area contributed by atoms with Crippen LogP contribution in [-0.4, -0.2) is 55.7 Å². The molecule has 2 aromatic carbocycles. The van der Waals surface area contributed by atoms with Crippen LogP contribution in [-0.2, 0) is 14.3 Å². The Morgan fingerprint density at radius 1 is 1.07 bits per heavy atom. The molecule has 0 heterocycles. The van der Waals surface area contributed by atoms with Gasteiger partial charge in [-0.1, -0.05) is 24.3 Å². The Morgan fingerprint density at radius 2 is 1.72 bits per heavy atom. The van der Waals surface area contributed by atoms with E-state index in [1.807, 2.05) is 0 Å². The van der Waals surface area contributed by atoms with E-state index in [1.54, 1.807) is 62.6 Å². The fourth-order valence-electron chi connectivity index (χ4n) is 2.29. The van der Waals surface area contributed by atoms with Crippen molar-refractivity contribution in [2.45, 2.75) is 17.9 Å². The zero-order valence-corrected chi connectivity index (χ0v) is 17.6. The molecule has 154 valence electrons. The number of anilines is 1. The minimum atomic E-state index is -1.02. The zero-order chi connectivity index (χ0) is 21.4. The number of esters is 1. The lowest BCUT2D eigenvalue weighted by molar-refractivity contribution is -0.126. The van der Waals surface area contributed by atoms with Crippen molar-refractivity contribution in [3.8, 4) is 5.75 Å². The number of nitrogens with one attached hydrogen (secondary N) is 1. The van der Waals surface area contributed by atoms with Crippen molar-refractivity contribution in [3.63, 3.8) is 0 Å². The predicted octanol–water partition coefficient (Wildman–Crippen LogP) is 3.06. The van der Waals surface area contributed by atoms with Crippen molar-refractivity contribution in [3.05, 3.63) is 54.1 Å². The number of hydrogen-bond donors (Lipinski definition) is 1. The van der Waals surface area contributed by atoms with Crippen LogP contribution >= 0.6 is 11.8 Å². The van der Waals surface area contributed by atoms with Crippen LogP contribution in [0.15, 0.2) is 53.4 Å². The summed E-state index contributed by atoms with van der Waals surface area (Å²) in [6, 6.07) is 13.8. The molecule has 0 aliphatic carbocycles. The van der Waals surface area contributed by atoms with Gasteiger partial charge in [-0.2, -0.15) is 0 Å². The van der Waals surface area contributed by atoms with Gasteiger partial charge in [0.15, 0.2) is 6.10 Å². The topological polar surface area (TPSA) is 84.9 Å². The largest absolute Gasteiger partial charge is 0.495 e. The Labute approximate surface area is 174 Å². The van der Waals surface area contributed by atoms with Crippen LogP contribution in [0.1, 0.15) is 17.3 Å². The number of benzene rings is 2. The van der Waals surface area contributed by atoms with Crippen LogP contribution in [0.4, 0.5) is 5.69 Å². The molecule has 0 fully saturated rings. The molecule has 0 aliphatic rings. The Balaban J connectivity index is 2.04. The molecule has 0 aromatic heterocycles. The molecule has 0 spiro atoms. The first-order chi connectivity index (χ1) is 13.8. The highest BCUT2D eigenvalue weighted by Crippen LogP contribution is 2.25. The third-order valence-electron chi connectivity index (χ3n) is 3.97. The standard InChI is InChI=1S/C21H24N2O5S/c1-14(20(25)22-16-10-6-7-11-17(16)27-4)28-21(26)15-9-5-8-12-18(15)29-13-19(24)23(2)3/h5-12,14H,13H2,1-4H3,(H,22,25)/t14-/m1/s1. The van der Waals surface area contributed by atoms with Gasteiger partial charge in [0.05, 0.1) is 24.1 Å². The molecule has 0 aliphatic heterocycles. The second-order valence-corrected chi connectivity index (χ2v) is 7.33. The van der Waals surface area contributed by atoms with Gasteiger partial charge in [0.1, 0.15) is 5.75 Å². The molecule has 2 amide bonds. The van der Waals surface area contributed by atoms with Crippen LogP contribution in [0.5, 0.6) is 5.75 Å². The maximum Gasteiger partial charge on any atom is 0.340 e. The molecular formula is C21H24N2O5S. The van der Waals surface area contributed by atoms with Crippen LogP contribution in [0.2, 0.25) is 0 Å². The van der Waals surface area contributed by atoms with Gasteiger partial charge in [0.25, 0.3) is 5.91 Å². The Morgan fingerprint density at radius 3 is 2.41 bits per heavy atom. The lowest BCUT2D eigenvalue weighted by Gasteiger charge is -2.16. The molecule has 2 rings (SSSR count). The van der Waals surface area contributed by atoms with Crippen molar-refractivity contribution in [1.29, 1.82) is 0 Å². The number of ether oxygens (including phenoxy) is 2. The average Bonchev–Trinajstić information content (AvgIpc) is 2.72. The van der Waals surface area contributed by atoms with E-state index >= 15 is 0 Å². The maximum atomic E-state index is 12.6. The van der Waals surface area contributed by atoms with E-state index in [0.29, 0.717) is 21.9 Å². The molecular weight excluding hydrogens is 392 g/mol. The first-order valence-corrected chi connectivity index (χ1v) is 9.89. The zero-order valence-electron chi connectivity index (χ0n) is 16.8. The first-order valence-electron chi connectivity index (χ1n) is 8.90. The number of carbonyl (C=O) groups excluding carboxylic acids is 3. The SMILES string of the molecule is COc1ccccc1NC(=O)[C@@H](C)OC(=O)c1ccccc1SCC(=O)N(C)C. The van der Waals surface area contributed by atoms with Crippen molar-refractivity contribution in [2.24, 2.45) is 0 Å². The third kappa shape index (κ3) is 6.25. The molecule has 0 unspecified atom stereocenters. The highest BCUT2D eigenvalue weighted by Gasteiger charge is 2.22. The molecule has 2 aromatic rings. The summed E-state index contributed by atoms with van der Waals surface area (Å²) < 4.78 is 10.5. The van der Waals surface area contributed by atoms with Crippen LogP contribution in [0.25, 0.3) is 0 Å². The average molecular weight is 416 g/mol. The molecule has 1 atom stereocenters. The molecule has 0 bridgehead atoms. The number of amides is 2. The fraction of sp³-hybridized carbons (Fsp3) is 0.286. The first kappa shape index (κ1) is 22.3. The monoisotopic (exact) mass is 416 g/mol. The molecule has 8 heteroatoms. The van der Waals surface area contributed by atoms with E-state index in [0.717, 1.165) is 0 Å². The molecule has 1 N–H and O–H groups in total. The predicted molar refractivity (Wildman–Crippen MR) is 112 cm³/mol. The smallest absolute Gasteiger partial charge is 0.340 e. The van der Waals surface area contributed by atoms with E-state index in [-0.39, 0.29) is 11.7 Å². The van der Waals surface area contributed by atoms with Crippen molar-refractivity contribution in [2.75, 3.05) is 32.3 Å². The van der Waals surface area contributed by atoms with E-state index in [4.69, 9.17) is 9.47 Å². The lowest BCUT2D eigenvalue weighted by atomic mass is 10.2. The molecule has 7 nitrogen and oxygen atoms in total. The van der Waals surface area contributed by atoms with Crippen LogP contribution in [0, 0.1) is 0 Å². The number of para-hydroxylation sites is 2. The summed E-state index contributed by atoms with van der Waals surface area (Å²) >= 11 is 1.25. The summed E-state index contributed by atoms with van der Waals surface area (Å²) in [6.07, 6.45) is -1.02. The van der Waals surface area contributed by atoms with Gasteiger partial charge in [-0.25, -0.2) is 4.79 Å².